The molecule has 0 fully saturated rings. The van der Waals surface area contributed by atoms with Crippen LogP contribution in [0.1, 0.15) is 25.7 Å². The first kappa shape index (κ1) is 21.4. The molecule has 0 heterocycles. The topological polar surface area (TPSA) is 111 Å². The zero-order valence-electron chi connectivity index (χ0n) is 13.7. The molecule has 0 saturated heterocycles. The predicted octanol–water partition coefficient (Wildman–Crippen LogP) is 0.238. The number of esters is 2. The summed E-state index contributed by atoms with van der Waals surface area (Å²) in [6.45, 7) is 7.66. The van der Waals surface area contributed by atoms with E-state index in [2.05, 4.69) is 23.8 Å². The van der Waals surface area contributed by atoms with Gasteiger partial charge in [-0.2, -0.15) is 0 Å². The fraction of sp³-hybridized carbons (Fsp3) is 0.500. The molecular formula is C16H24N2O6. The molecule has 0 aromatic rings. The van der Waals surface area contributed by atoms with E-state index in [4.69, 9.17) is 9.47 Å². The summed E-state index contributed by atoms with van der Waals surface area (Å²) in [5, 5.41) is 5.16. The molecule has 24 heavy (non-hydrogen) atoms. The molecule has 0 atom stereocenters. The predicted molar refractivity (Wildman–Crippen MR) is 86.8 cm³/mol. The van der Waals surface area contributed by atoms with E-state index in [-0.39, 0.29) is 25.0 Å². The van der Waals surface area contributed by atoms with Crippen LogP contribution in [-0.4, -0.2) is 50.1 Å². The second kappa shape index (κ2) is 14.0. The highest BCUT2D eigenvalue weighted by atomic mass is 16.6. The fourth-order valence-electron chi connectivity index (χ4n) is 1.47. The van der Waals surface area contributed by atoms with Crippen molar-refractivity contribution in [3.8, 4) is 0 Å². The third-order valence-electron chi connectivity index (χ3n) is 2.74. The maximum absolute atomic E-state index is 11.3. The zero-order valence-corrected chi connectivity index (χ0v) is 13.7. The summed E-state index contributed by atoms with van der Waals surface area (Å²) in [5.41, 5.74) is 0. The van der Waals surface area contributed by atoms with E-state index >= 15 is 0 Å². The highest BCUT2D eigenvalue weighted by Gasteiger charge is 2.16. The van der Waals surface area contributed by atoms with Crippen LogP contribution in [0, 0.1) is 0 Å². The van der Waals surface area contributed by atoms with Crippen molar-refractivity contribution in [3.63, 3.8) is 0 Å². The Labute approximate surface area is 141 Å². The van der Waals surface area contributed by atoms with E-state index < -0.39 is 11.9 Å². The van der Waals surface area contributed by atoms with Crippen molar-refractivity contribution in [3.05, 3.63) is 25.3 Å². The van der Waals surface area contributed by atoms with E-state index in [1.807, 2.05) is 0 Å². The molecule has 2 N–H and O–H groups in total. The smallest absolute Gasteiger partial charge is 0.417 e. The van der Waals surface area contributed by atoms with Crippen LogP contribution in [-0.2, 0) is 28.7 Å². The van der Waals surface area contributed by atoms with Gasteiger partial charge in [0.25, 0.3) is 0 Å². The van der Waals surface area contributed by atoms with Crippen LogP contribution in [0.5, 0.6) is 0 Å². The van der Waals surface area contributed by atoms with Crippen molar-refractivity contribution in [2.75, 3.05) is 26.3 Å². The molecule has 134 valence electrons. The summed E-state index contributed by atoms with van der Waals surface area (Å²) >= 11 is 0. The lowest BCUT2D eigenvalue weighted by Crippen LogP contribution is -2.24. The molecule has 0 bridgehead atoms. The van der Waals surface area contributed by atoms with Gasteiger partial charge in [-0.3, -0.25) is 9.59 Å². The van der Waals surface area contributed by atoms with Gasteiger partial charge in [0.2, 0.25) is 11.8 Å². The Bertz CT molecular complexity index is 419. The minimum Gasteiger partial charge on any atom is -0.457 e. The Morgan fingerprint density at radius 1 is 0.708 bits per heavy atom. The van der Waals surface area contributed by atoms with Crippen LogP contribution in [0.15, 0.2) is 25.3 Å². The number of rotatable bonds is 12. The molecule has 0 aromatic heterocycles. The second-order valence-corrected chi connectivity index (χ2v) is 4.68. The van der Waals surface area contributed by atoms with Crippen LogP contribution < -0.4 is 10.6 Å². The molecule has 2 amide bonds. The number of hydrogen-bond acceptors (Lipinski definition) is 6. The van der Waals surface area contributed by atoms with Crippen molar-refractivity contribution in [1.29, 1.82) is 0 Å². The van der Waals surface area contributed by atoms with Crippen molar-refractivity contribution in [1.82, 2.24) is 10.6 Å². The van der Waals surface area contributed by atoms with Gasteiger partial charge in [0.1, 0.15) is 0 Å². The summed E-state index contributed by atoms with van der Waals surface area (Å²) in [5.74, 6) is -2.60. The second-order valence-electron chi connectivity index (χ2n) is 4.68. The van der Waals surface area contributed by atoms with Crippen molar-refractivity contribution < 1.29 is 28.7 Å². The standard InChI is InChI=1S/C16H24N2O6/c1-3-13(19)17-9-5-7-11-23-15(21)16(22)24-12-8-6-10-18-14(20)4-2/h3-4H,1-2,5-12H2,(H,17,19)(H,18,20). The lowest BCUT2D eigenvalue weighted by Gasteiger charge is -2.06. The molecule has 0 radical (unpaired) electrons. The average Bonchev–Trinajstić information content (AvgIpc) is 2.59. The number of unbranched alkanes of at least 4 members (excludes halogenated alkanes) is 2. The van der Waals surface area contributed by atoms with E-state index in [1.54, 1.807) is 0 Å². The van der Waals surface area contributed by atoms with E-state index in [9.17, 15) is 19.2 Å². The van der Waals surface area contributed by atoms with Gasteiger partial charge in [-0.25, -0.2) is 9.59 Å². The molecule has 0 aliphatic carbocycles. The molecule has 8 heteroatoms. The molecule has 0 aromatic carbocycles. The summed E-state index contributed by atoms with van der Waals surface area (Å²) < 4.78 is 9.49. The summed E-state index contributed by atoms with van der Waals surface area (Å²) in [7, 11) is 0. The fourth-order valence-corrected chi connectivity index (χ4v) is 1.47. The molecule has 0 unspecified atom stereocenters. The van der Waals surface area contributed by atoms with Crippen molar-refractivity contribution in [2.45, 2.75) is 25.7 Å². The van der Waals surface area contributed by atoms with Crippen LogP contribution in [0.2, 0.25) is 0 Å². The van der Waals surface area contributed by atoms with E-state index in [0.29, 0.717) is 38.8 Å². The lowest BCUT2D eigenvalue weighted by molar-refractivity contribution is -0.167. The highest BCUT2D eigenvalue weighted by molar-refractivity contribution is 6.29. The maximum Gasteiger partial charge on any atom is 0.417 e. The number of hydrogen-bond donors (Lipinski definition) is 2. The molecule has 0 aliphatic rings. The third-order valence-corrected chi connectivity index (χ3v) is 2.74. The Morgan fingerprint density at radius 2 is 1.08 bits per heavy atom. The summed E-state index contributed by atoms with van der Waals surface area (Å²) in [4.78, 5) is 44.4. The first-order valence-electron chi connectivity index (χ1n) is 7.65. The largest absolute Gasteiger partial charge is 0.457 e. The van der Waals surface area contributed by atoms with Gasteiger partial charge in [-0.15, -0.1) is 0 Å². The van der Waals surface area contributed by atoms with Gasteiger partial charge in [0, 0.05) is 13.1 Å². The van der Waals surface area contributed by atoms with Crippen LogP contribution in [0.3, 0.4) is 0 Å². The monoisotopic (exact) mass is 340 g/mol. The van der Waals surface area contributed by atoms with Crippen molar-refractivity contribution in [2.24, 2.45) is 0 Å². The SMILES string of the molecule is C=CC(=O)NCCCCOC(=O)C(=O)OCCCCNC(=O)C=C. The Balaban J connectivity index is 3.54. The first-order valence-corrected chi connectivity index (χ1v) is 7.65. The van der Waals surface area contributed by atoms with Crippen LogP contribution in [0.25, 0.3) is 0 Å². The van der Waals surface area contributed by atoms with Gasteiger partial charge in [-0.1, -0.05) is 13.2 Å². The highest BCUT2D eigenvalue weighted by Crippen LogP contribution is 1.94. The van der Waals surface area contributed by atoms with Gasteiger partial charge in [-0.05, 0) is 37.8 Å². The van der Waals surface area contributed by atoms with Gasteiger partial charge in [0.15, 0.2) is 0 Å². The Morgan fingerprint density at radius 3 is 1.42 bits per heavy atom. The quantitative estimate of drug-likeness (QED) is 0.228. The number of nitrogens with one attached hydrogen (secondary N) is 2. The molecule has 0 saturated carbocycles. The number of carbonyl (C=O) groups is 4. The molecular weight excluding hydrogens is 316 g/mol. The van der Waals surface area contributed by atoms with E-state index in [0.717, 1.165) is 0 Å². The minimum absolute atomic E-state index is 0.0749. The molecule has 0 spiro atoms. The molecule has 8 nitrogen and oxygen atoms in total. The van der Waals surface area contributed by atoms with Gasteiger partial charge < -0.3 is 20.1 Å². The minimum atomic E-state index is -1.04. The number of ether oxygens (including phenoxy) is 2. The third kappa shape index (κ3) is 12.0. The first-order chi connectivity index (χ1) is 11.5. The van der Waals surface area contributed by atoms with E-state index in [1.165, 1.54) is 12.2 Å². The van der Waals surface area contributed by atoms with Crippen LogP contribution >= 0.6 is 0 Å². The zero-order chi connectivity index (χ0) is 18.2. The number of amides is 2. The average molecular weight is 340 g/mol. The normalized spacial score (nSPS) is 9.50. The molecule has 0 aliphatic heterocycles. The summed E-state index contributed by atoms with van der Waals surface area (Å²) in [6.07, 6.45) is 4.59. The summed E-state index contributed by atoms with van der Waals surface area (Å²) in [6, 6.07) is 0. The maximum atomic E-state index is 11.3. The number of carbonyl (C=O) groups excluding carboxylic acids is 4. The lowest BCUT2D eigenvalue weighted by atomic mass is 10.3. The van der Waals surface area contributed by atoms with Gasteiger partial charge in [0.05, 0.1) is 13.2 Å². The van der Waals surface area contributed by atoms with Crippen LogP contribution in [0.4, 0.5) is 0 Å². The van der Waals surface area contributed by atoms with Gasteiger partial charge >= 0.3 is 11.9 Å². The van der Waals surface area contributed by atoms with Crippen molar-refractivity contribution >= 4 is 23.8 Å². The molecule has 0 rings (SSSR count). The Kier molecular flexibility index (Phi) is 12.4. The Hall–Kier alpha value is -2.64.